The first-order chi connectivity index (χ1) is 14.1. The smallest absolute Gasteiger partial charge is 0.308 e. The Hall–Kier alpha value is -3.27. The molecule has 0 aliphatic heterocycles. The number of hydrogen-bond donors (Lipinski definition) is 4. The van der Waals surface area contributed by atoms with Gasteiger partial charge in [-0.15, -0.1) is 5.10 Å². The molecule has 2 atom stereocenters. The summed E-state index contributed by atoms with van der Waals surface area (Å²) in [4.78, 5) is 20.4. The van der Waals surface area contributed by atoms with E-state index in [0.717, 1.165) is 31.2 Å². The lowest BCUT2D eigenvalue weighted by atomic mass is 9.91. The van der Waals surface area contributed by atoms with Crippen LogP contribution in [0.4, 0.5) is 11.8 Å². The zero-order valence-electron chi connectivity index (χ0n) is 16.2. The normalized spacial score (nSPS) is 19.1. The molecule has 0 saturated heterocycles. The van der Waals surface area contributed by atoms with Crippen LogP contribution in [0.3, 0.4) is 0 Å². The van der Waals surface area contributed by atoms with Crippen LogP contribution < -0.4 is 21.1 Å². The molecule has 29 heavy (non-hydrogen) atoms. The van der Waals surface area contributed by atoms with Crippen molar-refractivity contribution in [2.45, 2.75) is 51.2 Å². The van der Waals surface area contributed by atoms with Crippen molar-refractivity contribution in [3.05, 3.63) is 29.8 Å². The molecule has 4 rings (SSSR count). The number of hydrogen-bond acceptors (Lipinski definition) is 9. The summed E-state index contributed by atoms with van der Waals surface area (Å²) in [5, 5.41) is 17.4. The molecule has 2 unspecified atom stereocenters. The van der Waals surface area contributed by atoms with Crippen LogP contribution in [0.1, 0.15) is 38.2 Å². The Morgan fingerprint density at radius 2 is 2.07 bits per heavy atom. The van der Waals surface area contributed by atoms with Crippen LogP contribution in [0.15, 0.2) is 24.3 Å². The van der Waals surface area contributed by atoms with Gasteiger partial charge in [-0.05, 0) is 18.9 Å². The van der Waals surface area contributed by atoms with Crippen molar-refractivity contribution < 1.29 is 9.53 Å². The number of aromatic nitrogens is 5. The van der Waals surface area contributed by atoms with E-state index in [1.54, 1.807) is 6.07 Å². The van der Waals surface area contributed by atoms with Gasteiger partial charge in [-0.1, -0.05) is 31.0 Å². The fourth-order valence-corrected chi connectivity index (χ4v) is 3.52. The standard InChI is InChI=1S/C19H24N8O2/c1-11(28)29-15-9-5-2-6-12(15)10-21-17-16-18(26-27-25-16)24-19(23-17)22-14-8-4-3-7-13(14)20/h2,5-6,9,13-14H,3-4,7-8,10,20H2,1H3,(H3,21,22,23,24,25,26,27). The maximum atomic E-state index is 11.3. The van der Waals surface area contributed by atoms with Crippen LogP contribution in [0.25, 0.3) is 11.2 Å². The maximum absolute atomic E-state index is 11.3. The Bertz CT molecular complexity index is 1000. The summed E-state index contributed by atoms with van der Waals surface area (Å²) in [7, 11) is 0. The van der Waals surface area contributed by atoms with Crippen LogP contribution in [0.2, 0.25) is 0 Å². The van der Waals surface area contributed by atoms with Crippen molar-refractivity contribution >= 4 is 28.9 Å². The summed E-state index contributed by atoms with van der Waals surface area (Å²) in [6.45, 7) is 1.77. The Kier molecular flexibility index (Phi) is 5.52. The monoisotopic (exact) mass is 396 g/mol. The molecule has 0 amide bonds. The number of para-hydroxylation sites is 1. The lowest BCUT2D eigenvalue weighted by Gasteiger charge is -2.29. The van der Waals surface area contributed by atoms with Gasteiger partial charge in [0.25, 0.3) is 0 Å². The quantitative estimate of drug-likeness (QED) is 0.363. The summed E-state index contributed by atoms with van der Waals surface area (Å²) in [5.41, 5.74) is 8.06. The Morgan fingerprint density at radius 1 is 1.24 bits per heavy atom. The summed E-state index contributed by atoms with van der Waals surface area (Å²) in [5.74, 6) is 1.14. The molecule has 152 valence electrons. The number of nitrogens with one attached hydrogen (secondary N) is 3. The molecule has 2 heterocycles. The molecule has 5 N–H and O–H groups in total. The molecular formula is C19H24N8O2. The van der Waals surface area contributed by atoms with Crippen LogP contribution in [-0.2, 0) is 11.3 Å². The second-order valence-corrected chi connectivity index (χ2v) is 7.15. The average Bonchev–Trinajstić information content (AvgIpc) is 3.17. The van der Waals surface area contributed by atoms with Gasteiger partial charge in [-0.25, -0.2) is 0 Å². The molecule has 10 nitrogen and oxygen atoms in total. The van der Waals surface area contributed by atoms with E-state index in [4.69, 9.17) is 10.5 Å². The molecule has 1 saturated carbocycles. The van der Waals surface area contributed by atoms with E-state index in [9.17, 15) is 4.79 Å². The number of aromatic amines is 1. The highest BCUT2D eigenvalue weighted by Gasteiger charge is 2.23. The molecule has 1 fully saturated rings. The fraction of sp³-hybridized carbons (Fsp3) is 0.421. The third-order valence-electron chi connectivity index (χ3n) is 4.99. The minimum absolute atomic E-state index is 0.0763. The van der Waals surface area contributed by atoms with Crippen molar-refractivity contribution in [1.82, 2.24) is 25.4 Å². The molecule has 1 aromatic carbocycles. The van der Waals surface area contributed by atoms with E-state index >= 15 is 0 Å². The molecule has 0 radical (unpaired) electrons. The summed E-state index contributed by atoms with van der Waals surface area (Å²) in [6, 6.07) is 7.54. The average molecular weight is 396 g/mol. The SMILES string of the molecule is CC(=O)Oc1ccccc1CNc1nc(NC2CCCCC2N)nc2n[nH]nc12. The van der Waals surface area contributed by atoms with E-state index in [2.05, 4.69) is 36.0 Å². The number of benzene rings is 1. The van der Waals surface area contributed by atoms with Gasteiger partial charge < -0.3 is 21.1 Å². The molecule has 1 aliphatic rings. The number of nitrogens with two attached hydrogens (primary N) is 1. The first-order valence-corrected chi connectivity index (χ1v) is 9.71. The van der Waals surface area contributed by atoms with Crippen LogP contribution in [-0.4, -0.2) is 43.4 Å². The zero-order valence-corrected chi connectivity index (χ0v) is 16.2. The number of anilines is 2. The number of ether oxygens (including phenoxy) is 1. The predicted octanol–water partition coefficient (Wildman–Crippen LogP) is 1.97. The highest BCUT2D eigenvalue weighted by molar-refractivity contribution is 5.83. The number of carbonyl (C=O) groups is 1. The lowest BCUT2D eigenvalue weighted by molar-refractivity contribution is -0.131. The maximum Gasteiger partial charge on any atom is 0.308 e. The molecule has 0 spiro atoms. The summed E-state index contributed by atoms with van der Waals surface area (Å²) >= 11 is 0. The third kappa shape index (κ3) is 4.43. The summed E-state index contributed by atoms with van der Waals surface area (Å²) < 4.78 is 5.27. The molecular weight excluding hydrogens is 372 g/mol. The summed E-state index contributed by atoms with van der Waals surface area (Å²) in [6.07, 6.45) is 4.26. The van der Waals surface area contributed by atoms with Gasteiger partial charge in [0.15, 0.2) is 11.3 Å². The van der Waals surface area contributed by atoms with Crippen molar-refractivity contribution in [3.63, 3.8) is 0 Å². The van der Waals surface area contributed by atoms with Crippen LogP contribution in [0.5, 0.6) is 5.75 Å². The van der Waals surface area contributed by atoms with Gasteiger partial charge in [0.2, 0.25) is 11.6 Å². The van der Waals surface area contributed by atoms with Crippen molar-refractivity contribution in [2.75, 3.05) is 10.6 Å². The molecule has 0 bridgehead atoms. The largest absolute Gasteiger partial charge is 0.426 e. The highest BCUT2D eigenvalue weighted by Crippen LogP contribution is 2.24. The molecule has 1 aliphatic carbocycles. The Morgan fingerprint density at radius 3 is 2.90 bits per heavy atom. The topological polar surface area (TPSA) is 144 Å². The number of nitrogens with zero attached hydrogens (tertiary/aromatic N) is 4. The van der Waals surface area contributed by atoms with E-state index < -0.39 is 0 Å². The van der Waals surface area contributed by atoms with Gasteiger partial charge in [-0.2, -0.15) is 20.3 Å². The lowest BCUT2D eigenvalue weighted by Crippen LogP contribution is -2.43. The van der Waals surface area contributed by atoms with Gasteiger partial charge in [0.1, 0.15) is 5.75 Å². The number of H-pyrrole nitrogens is 1. The zero-order chi connectivity index (χ0) is 20.2. The second-order valence-electron chi connectivity index (χ2n) is 7.15. The van der Waals surface area contributed by atoms with E-state index in [0.29, 0.717) is 35.2 Å². The number of esters is 1. The van der Waals surface area contributed by atoms with E-state index in [1.165, 1.54) is 6.92 Å². The Labute approximate surface area is 167 Å². The van der Waals surface area contributed by atoms with E-state index in [-0.39, 0.29) is 18.1 Å². The number of rotatable bonds is 6. The van der Waals surface area contributed by atoms with Crippen molar-refractivity contribution in [2.24, 2.45) is 5.73 Å². The minimum Gasteiger partial charge on any atom is -0.426 e. The number of carbonyl (C=O) groups excluding carboxylic acids is 1. The fourth-order valence-electron chi connectivity index (χ4n) is 3.52. The first-order valence-electron chi connectivity index (χ1n) is 9.71. The van der Waals surface area contributed by atoms with Crippen LogP contribution in [0, 0.1) is 0 Å². The minimum atomic E-state index is -0.367. The number of fused-ring (bicyclic) bond motifs is 1. The van der Waals surface area contributed by atoms with Gasteiger partial charge in [0, 0.05) is 31.1 Å². The molecule has 10 heteroatoms. The highest BCUT2D eigenvalue weighted by atomic mass is 16.5. The van der Waals surface area contributed by atoms with Gasteiger partial charge in [-0.3, -0.25) is 4.79 Å². The predicted molar refractivity (Wildman–Crippen MR) is 108 cm³/mol. The first kappa shape index (κ1) is 19.1. The van der Waals surface area contributed by atoms with Crippen LogP contribution >= 0.6 is 0 Å². The van der Waals surface area contributed by atoms with Crippen molar-refractivity contribution in [1.29, 1.82) is 0 Å². The molecule has 2 aromatic heterocycles. The van der Waals surface area contributed by atoms with Gasteiger partial charge >= 0.3 is 5.97 Å². The van der Waals surface area contributed by atoms with E-state index in [1.807, 2.05) is 18.2 Å². The third-order valence-corrected chi connectivity index (χ3v) is 4.99. The molecule has 3 aromatic rings. The Balaban J connectivity index is 1.56. The van der Waals surface area contributed by atoms with Crippen molar-refractivity contribution in [3.8, 4) is 5.75 Å². The second kappa shape index (κ2) is 8.39. The van der Waals surface area contributed by atoms with Gasteiger partial charge in [0.05, 0.1) is 0 Å².